The van der Waals surface area contributed by atoms with Crippen LogP contribution in [0.4, 0.5) is 8.78 Å². The molecule has 0 fully saturated rings. The van der Waals surface area contributed by atoms with E-state index >= 15 is 0 Å². The summed E-state index contributed by atoms with van der Waals surface area (Å²) in [7, 11) is -3.77. The van der Waals surface area contributed by atoms with Crippen LogP contribution in [0.25, 0.3) is 0 Å². The molecule has 1 aromatic rings. The lowest BCUT2D eigenvalue weighted by Crippen LogP contribution is -2.34. The van der Waals surface area contributed by atoms with E-state index in [1.807, 2.05) is 0 Å². The molecular weight excluding hydrogens is 420 g/mol. The predicted molar refractivity (Wildman–Crippen MR) is 92.9 cm³/mol. The molecule has 0 spiro atoms. The van der Waals surface area contributed by atoms with E-state index in [1.165, 1.54) is 18.5 Å². The minimum absolute atomic E-state index is 0.0326. The van der Waals surface area contributed by atoms with Gasteiger partial charge in [-0.25, -0.2) is 17.2 Å². The largest absolute Gasteiger partial charge is 0.455 e. The molecule has 1 atom stereocenters. The number of halogens is 3. The molecule has 0 bridgehead atoms. The van der Waals surface area contributed by atoms with Crippen LogP contribution in [0, 0.1) is 0 Å². The first kappa shape index (κ1) is 19.7. The van der Waals surface area contributed by atoms with Crippen LogP contribution >= 0.6 is 15.9 Å². The van der Waals surface area contributed by atoms with Crippen molar-refractivity contribution in [2.45, 2.75) is 24.9 Å². The first-order valence-corrected chi connectivity index (χ1v) is 9.81. The quantitative estimate of drug-likeness (QED) is 0.787. The number of aliphatic hydroxyl groups is 1. The Labute approximate surface area is 152 Å². The fraction of sp³-hybridized carbons (Fsp3) is 0.312. The van der Waals surface area contributed by atoms with Crippen LogP contribution in [0.15, 0.2) is 57.9 Å². The van der Waals surface area contributed by atoms with Crippen molar-refractivity contribution < 1.29 is 27.0 Å². The average Bonchev–Trinajstić information content (AvgIpc) is 2.50. The first-order chi connectivity index (χ1) is 11.5. The van der Waals surface area contributed by atoms with Crippen LogP contribution in [-0.2, 0) is 9.84 Å². The molecule has 0 unspecified atom stereocenters. The van der Waals surface area contributed by atoms with E-state index in [9.17, 15) is 22.3 Å². The second-order valence-corrected chi connectivity index (χ2v) is 8.62. The van der Waals surface area contributed by atoms with Crippen molar-refractivity contribution in [3.8, 4) is 5.75 Å². The summed E-state index contributed by atoms with van der Waals surface area (Å²) in [5.41, 5.74) is -0.0740. The summed E-state index contributed by atoms with van der Waals surface area (Å²) in [4.78, 5) is 3.59. The Hall–Kier alpha value is -1.58. The van der Waals surface area contributed by atoms with Gasteiger partial charge in [0.05, 0.1) is 6.20 Å². The molecule has 1 aromatic heterocycles. The molecule has 0 radical (unpaired) electrons. The Balaban J connectivity index is 2.47. The van der Waals surface area contributed by atoms with Crippen LogP contribution < -0.4 is 4.74 Å². The molecule has 2 rings (SSSR count). The molecule has 0 saturated heterocycles. The van der Waals surface area contributed by atoms with E-state index in [0.717, 1.165) is 12.3 Å². The summed E-state index contributed by atoms with van der Waals surface area (Å²) < 4.78 is 58.1. The van der Waals surface area contributed by atoms with Crippen LogP contribution in [0.1, 0.15) is 12.8 Å². The van der Waals surface area contributed by atoms with Gasteiger partial charge in [-0.3, -0.25) is 4.98 Å². The lowest BCUT2D eigenvalue weighted by molar-refractivity contribution is -0.105. The molecule has 25 heavy (non-hydrogen) atoms. The fourth-order valence-corrected chi connectivity index (χ4v) is 3.26. The topological polar surface area (TPSA) is 76.5 Å². The van der Waals surface area contributed by atoms with E-state index in [-0.39, 0.29) is 22.0 Å². The normalized spacial score (nSPS) is 23.6. The maximum Gasteiger partial charge on any atom is 0.277 e. The number of allylic oxidation sites excluding steroid dienone is 3. The zero-order valence-electron chi connectivity index (χ0n) is 13.2. The van der Waals surface area contributed by atoms with Gasteiger partial charge < -0.3 is 9.84 Å². The van der Waals surface area contributed by atoms with E-state index in [1.54, 1.807) is 6.07 Å². The van der Waals surface area contributed by atoms with Crippen LogP contribution in [0.2, 0.25) is 0 Å². The van der Waals surface area contributed by atoms with E-state index in [2.05, 4.69) is 27.5 Å². The number of pyridine rings is 1. The van der Waals surface area contributed by atoms with Gasteiger partial charge in [-0.1, -0.05) is 6.58 Å². The zero-order valence-corrected chi connectivity index (χ0v) is 15.6. The van der Waals surface area contributed by atoms with Gasteiger partial charge in [-0.2, -0.15) is 0 Å². The Kier molecular flexibility index (Phi) is 5.80. The molecule has 5 nitrogen and oxygen atoms in total. The van der Waals surface area contributed by atoms with Crippen molar-refractivity contribution in [3.05, 3.63) is 57.9 Å². The smallest absolute Gasteiger partial charge is 0.277 e. The third-order valence-electron chi connectivity index (χ3n) is 3.48. The van der Waals surface area contributed by atoms with Crippen molar-refractivity contribution >= 4 is 25.8 Å². The summed E-state index contributed by atoms with van der Waals surface area (Å²) in [5, 5.41) is 9.75. The molecule has 0 aromatic carbocycles. The average molecular weight is 436 g/mol. The molecule has 1 N–H and O–H groups in total. The van der Waals surface area contributed by atoms with Gasteiger partial charge in [0.15, 0.2) is 9.84 Å². The molecule has 0 saturated carbocycles. The highest BCUT2D eigenvalue weighted by atomic mass is 79.9. The summed E-state index contributed by atoms with van der Waals surface area (Å²) in [6.07, 6.45) is 2.48. The number of ether oxygens (including phenoxy) is 1. The highest BCUT2D eigenvalue weighted by molar-refractivity contribution is 9.10. The Morgan fingerprint density at radius 2 is 2.08 bits per heavy atom. The number of hydrogen-bond acceptors (Lipinski definition) is 5. The van der Waals surface area contributed by atoms with E-state index < -0.39 is 34.7 Å². The minimum Gasteiger partial charge on any atom is -0.455 e. The number of sulfone groups is 1. The third-order valence-corrected chi connectivity index (χ3v) is 5.17. The third kappa shape index (κ3) is 5.20. The number of nitrogens with zero attached hydrogens (tertiary/aromatic N) is 1. The molecule has 0 aliphatic heterocycles. The number of hydrogen-bond donors (Lipinski definition) is 1. The van der Waals surface area contributed by atoms with E-state index in [0.29, 0.717) is 4.47 Å². The highest BCUT2D eigenvalue weighted by Crippen LogP contribution is 2.35. The molecule has 136 valence electrons. The molecule has 1 heterocycles. The molecule has 1 aliphatic carbocycles. The van der Waals surface area contributed by atoms with Gasteiger partial charge >= 0.3 is 0 Å². The number of aliphatic hydroxyl groups excluding tert-OH is 1. The molecule has 0 amide bonds. The molecular formula is C16H16BrF2NO4S. The predicted octanol–water partition coefficient (Wildman–Crippen LogP) is 3.38. The Morgan fingerprint density at radius 3 is 2.68 bits per heavy atom. The Morgan fingerprint density at radius 1 is 1.40 bits per heavy atom. The maximum atomic E-state index is 14.2. The SMILES string of the molecule is C=C1CC(F)(F)[C@@H](O)C/C(S(C)(=O)=O)=C\C=C1Oc1cncc(Br)c1. The van der Waals surface area contributed by atoms with Gasteiger partial charge in [0.25, 0.3) is 5.92 Å². The van der Waals surface area contributed by atoms with Gasteiger partial charge in [-0.05, 0) is 39.7 Å². The van der Waals surface area contributed by atoms with Crippen molar-refractivity contribution in [1.29, 1.82) is 0 Å². The number of alkyl halides is 2. The highest BCUT2D eigenvalue weighted by Gasteiger charge is 2.41. The van der Waals surface area contributed by atoms with Gasteiger partial charge in [0, 0.05) is 34.7 Å². The van der Waals surface area contributed by atoms with Gasteiger partial charge in [0.1, 0.15) is 17.6 Å². The van der Waals surface area contributed by atoms with Crippen molar-refractivity contribution in [2.75, 3.05) is 6.26 Å². The number of rotatable bonds is 3. The minimum atomic E-state index is -3.77. The standard InChI is InChI=1S/C16H16BrF2NO4S/c1-10-7-16(18,19)15(21)6-13(25(2,22)23)3-4-14(10)24-12-5-11(17)8-20-9-12/h3-5,8-9,15,21H,1,6-7H2,2H3/b13-3+,14-4?/t15-/m0/s1. The summed E-state index contributed by atoms with van der Waals surface area (Å²) >= 11 is 3.22. The lowest BCUT2D eigenvalue weighted by atomic mass is 10.0. The molecule has 1 aliphatic rings. The monoisotopic (exact) mass is 435 g/mol. The van der Waals surface area contributed by atoms with Crippen molar-refractivity contribution in [3.63, 3.8) is 0 Å². The fourth-order valence-electron chi connectivity index (χ4n) is 2.14. The van der Waals surface area contributed by atoms with Crippen LogP contribution in [0.5, 0.6) is 5.75 Å². The summed E-state index contributed by atoms with van der Waals surface area (Å²) in [6, 6.07) is 1.57. The van der Waals surface area contributed by atoms with Crippen LogP contribution in [0.3, 0.4) is 0 Å². The van der Waals surface area contributed by atoms with E-state index in [4.69, 9.17) is 4.74 Å². The van der Waals surface area contributed by atoms with Gasteiger partial charge in [-0.15, -0.1) is 0 Å². The zero-order chi connectivity index (χ0) is 18.8. The lowest BCUT2D eigenvalue weighted by Gasteiger charge is -2.23. The first-order valence-electron chi connectivity index (χ1n) is 7.12. The number of aromatic nitrogens is 1. The van der Waals surface area contributed by atoms with Crippen molar-refractivity contribution in [2.24, 2.45) is 0 Å². The van der Waals surface area contributed by atoms with Crippen molar-refractivity contribution in [1.82, 2.24) is 4.98 Å². The second-order valence-electron chi connectivity index (χ2n) is 5.64. The summed E-state index contributed by atoms with van der Waals surface area (Å²) in [5.74, 6) is -3.32. The second kappa shape index (κ2) is 7.35. The summed E-state index contributed by atoms with van der Waals surface area (Å²) in [6.45, 7) is 3.58. The molecule has 9 heteroatoms. The maximum absolute atomic E-state index is 14.2. The van der Waals surface area contributed by atoms with Crippen LogP contribution in [-0.4, -0.2) is 36.8 Å². The van der Waals surface area contributed by atoms with Gasteiger partial charge in [0.2, 0.25) is 0 Å². The Bertz CT molecular complexity index is 849.